The Morgan fingerprint density at radius 2 is 2.16 bits per heavy atom. The molecule has 4 heteroatoms. The van der Waals surface area contributed by atoms with E-state index < -0.39 is 0 Å². The highest BCUT2D eigenvalue weighted by atomic mass is 32.2. The van der Waals surface area contributed by atoms with Crippen molar-refractivity contribution in [2.24, 2.45) is 10.9 Å². The Hall–Kier alpha value is -0.220. The van der Waals surface area contributed by atoms with Gasteiger partial charge < -0.3 is 10.1 Å². The van der Waals surface area contributed by atoms with Gasteiger partial charge in [0.25, 0.3) is 0 Å². The third kappa shape index (κ3) is 3.66. The van der Waals surface area contributed by atoms with Gasteiger partial charge in [0.1, 0.15) is 0 Å². The van der Waals surface area contributed by atoms with Crippen LogP contribution in [-0.2, 0) is 4.74 Å². The van der Waals surface area contributed by atoms with E-state index in [1.807, 2.05) is 11.8 Å². The summed E-state index contributed by atoms with van der Waals surface area (Å²) < 4.78 is 6.03. The largest absolute Gasteiger partial charge is 0.375 e. The number of thioether (sulfide) groups is 1. The Morgan fingerprint density at radius 3 is 2.74 bits per heavy atom. The van der Waals surface area contributed by atoms with Crippen LogP contribution in [0.15, 0.2) is 4.99 Å². The zero-order chi connectivity index (χ0) is 13.9. The number of rotatable bonds is 4. The molecule has 0 aromatic carbocycles. The van der Waals surface area contributed by atoms with E-state index in [9.17, 15) is 0 Å². The fraction of sp³-hybridized carbons (Fsp3) is 0.933. The van der Waals surface area contributed by atoms with Gasteiger partial charge in [-0.15, -0.1) is 0 Å². The Balaban J connectivity index is 1.87. The van der Waals surface area contributed by atoms with Gasteiger partial charge >= 0.3 is 0 Å². The molecule has 3 nitrogen and oxygen atoms in total. The molecule has 2 aliphatic heterocycles. The second kappa shape index (κ2) is 6.49. The summed E-state index contributed by atoms with van der Waals surface area (Å²) in [5.74, 6) is 0.702. The average Bonchev–Trinajstić information content (AvgIpc) is 2.87. The van der Waals surface area contributed by atoms with Crippen molar-refractivity contribution in [3.63, 3.8) is 0 Å². The van der Waals surface area contributed by atoms with Gasteiger partial charge in [0.2, 0.25) is 0 Å². The molecule has 1 fully saturated rings. The van der Waals surface area contributed by atoms with Crippen LogP contribution in [0.2, 0.25) is 0 Å². The summed E-state index contributed by atoms with van der Waals surface area (Å²) in [6.45, 7) is 10.9. The molecule has 0 aromatic heterocycles. The third-order valence-electron chi connectivity index (χ3n) is 4.53. The molecule has 0 spiro atoms. The van der Waals surface area contributed by atoms with E-state index in [-0.39, 0.29) is 5.60 Å². The van der Waals surface area contributed by atoms with Crippen LogP contribution in [0.1, 0.15) is 53.4 Å². The zero-order valence-corrected chi connectivity index (χ0v) is 13.6. The van der Waals surface area contributed by atoms with Gasteiger partial charge in [-0.05, 0) is 31.6 Å². The number of ether oxygens (including phenoxy) is 1. The van der Waals surface area contributed by atoms with Crippen LogP contribution in [-0.4, -0.2) is 35.2 Å². The summed E-state index contributed by atoms with van der Waals surface area (Å²) in [5.41, 5.74) is 0.0944. The molecular formula is C15H28N2OS. The maximum absolute atomic E-state index is 6.03. The van der Waals surface area contributed by atoms with Crippen molar-refractivity contribution in [3.05, 3.63) is 0 Å². The van der Waals surface area contributed by atoms with Crippen molar-refractivity contribution in [3.8, 4) is 0 Å². The predicted octanol–water partition coefficient (Wildman–Crippen LogP) is 3.44. The number of hydrogen-bond acceptors (Lipinski definition) is 4. The Morgan fingerprint density at radius 1 is 1.42 bits per heavy atom. The van der Waals surface area contributed by atoms with Crippen LogP contribution in [0, 0.1) is 5.92 Å². The van der Waals surface area contributed by atoms with E-state index in [1.165, 1.54) is 0 Å². The van der Waals surface area contributed by atoms with E-state index in [0.29, 0.717) is 17.2 Å². The normalized spacial score (nSPS) is 30.5. The maximum Gasteiger partial charge on any atom is 0.157 e. The molecule has 1 N–H and O–H groups in total. The summed E-state index contributed by atoms with van der Waals surface area (Å²) in [7, 11) is 0. The van der Waals surface area contributed by atoms with E-state index in [2.05, 4.69) is 38.0 Å². The lowest BCUT2D eigenvalue weighted by Crippen LogP contribution is -2.47. The second-order valence-corrected chi connectivity index (χ2v) is 7.35. The summed E-state index contributed by atoms with van der Waals surface area (Å²) in [6.07, 6.45) is 4.44. The second-order valence-electron chi connectivity index (χ2n) is 6.12. The molecule has 2 unspecified atom stereocenters. The average molecular weight is 284 g/mol. The van der Waals surface area contributed by atoms with Crippen LogP contribution in [0.25, 0.3) is 0 Å². The van der Waals surface area contributed by atoms with Crippen molar-refractivity contribution in [2.45, 2.75) is 70.3 Å². The highest BCUT2D eigenvalue weighted by Gasteiger charge is 2.35. The van der Waals surface area contributed by atoms with Gasteiger partial charge in [0.15, 0.2) is 5.17 Å². The summed E-state index contributed by atoms with van der Waals surface area (Å²) in [4.78, 5) is 4.66. The first kappa shape index (κ1) is 15.2. The lowest BCUT2D eigenvalue weighted by Gasteiger charge is -2.40. The van der Waals surface area contributed by atoms with Crippen LogP contribution in [0.5, 0.6) is 0 Å². The first-order chi connectivity index (χ1) is 9.08. The molecule has 1 saturated heterocycles. The summed E-state index contributed by atoms with van der Waals surface area (Å²) in [6, 6.07) is 0.533. The smallest absolute Gasteiger partial charge is 0.157 e. The Bertz CT molecular complexity index is 326. The van der Waals surface area contributed by atoms with Gasteiger partial charge in [-0.3, -0.25) is 4.99 Å². The lowest BCUT2D eigenvalue weighted by atomic mass is 9.86. The molecule has 0 aliphatic carbocycles. The molecule has 19 heavy (non-hydrogen) atoms. The lowest BCUT2D eigenvalue weighted by molar-refractivity contribution is -0.0909. The van der Waals surface area contributed by atoms with Crippen molar-refractivity contribution in [2.75, 3.05) is 13.2 Å². The topological polar surface area (TPSA) is 33.6 Å². The summed E-state index contributed by atoms with van der Waals surface area (Å²) in [5, 5.41) is 5.47. The molecule has 2 heterocycles. The zero-order valence-electron chi connectivity index (χ0n) is 12.7. The minimum Gasteiger partial charge on any atom is -0.375 e. The Kier molecular flexibility index (Phi) is 5.18. The SMILES string of the molecule is CCC1(CC)CC(NC2=NCC(C(C)C)S2)CCO1. The molecule has 2 atom stereocenters. The number of nitrogens with one attached hydrogen (secondary N) is 1. The molecule has 0 bridgehead atoms. The molecule has 0 amide bonds. The van der Waals surface area contributed by atoms with Crippen molar-refractivity contribution in [1.82, 2.24) is 5.32 Å². The van der Waals surface area contributed by atoms with E-state index >= 15 is 0 Å². The van der Waals surface area contributed by atoms with E-state index in [1.54, 1.807) is 0 Å². The highest BCUT2D eigenvalue weighted by Crippen LogP contribution is 2.33. The first-order valence-electron chi connectivity index (χ1n) is 7.70. The number of hydrogen-bond donors (Lipinski definition) is 1. The predicted molar refractivity (Wildman–Crippen MR) is 83.9 cm³/mol. The maximum atomic E-state index is 6.03. The monoisotopic (exact) mass is 284 g/mol. The van der Waals surface area contributed by atoms with Crippen molar-refractivity contribution < 1.29 is 4.74 Å². The quantitative estimate of drug-likeness (QED) is 0.858. The van der Waals surface area contributed by atoms with E-state index in [4.69, 9.17) is 4.74 Å². The molecule has 0 saturated carbocycles. The van der Waals surface area contributed by atoms with Crippen molar-refractivity contribution >= 4 is 16.9 Å². The first-order valence-corrected chi connectivity index (χ1v) is 8.58. The van der Waals surface area contributed by atoms with Gasteiger partial charge in [-0.25, -0.2) is 0 Å². The van der Waals surface area contributed by atoms with Gasteiger partial charge in [0.05, 0.1) is 12.1 Å². The standard InChI is InChI=1S/C15H28N2OS/c1-5-15(6-2)9-12(7-8-18-15)17-14-16-10-13(19-14)11(3)4/h11-13H,5-10H2,1-4H3,(H,16,17). The summed E-state index contributed by atoms with van der Waals surface area (Å²) >= 11 is 1.93. The van der Waals surface area contributed by atoms with Gasteiger partial charge in [0, 0.05) is 17.9 Å². The molecule has 110 valence electrons. The minimum absolute atomic E-state index is 0.0944. The number of aliphatic imine (C=N–C) groups is 1. The molecule has 0 radical (unpaired) electrons. The van der Waals surface area contributed by atoms with Crippen LogP contribution in [0.4, 0.5) is 0 Å². The Labute approximate surface area is 122 Å². The molecule has 0 aromatic rings. The fourth-order valence-electron chi connectivity index (χ4n) is 2.89. The van der Waals surface area contributed by atoms with Crippen LogP contribution in [0.3, 0.4) is 0 Å². The van der Waals surface area contributed by atoms with E-state index in [0.717, 1.165) is 44.0 Å². The third-order valence-corrected chi connectivity index (χ3v) is 6.00. The van der Waals surface area contributed by atoms with Crippen LogP contribution >= 0.6 is 11.8 Å². The van der Waals surface area contributed by atoms with Gasteiger partial charge in [-0.1, -0.05) is 39.5 Å². The van der Waals surface area contributed by atoms with Crippen LogP contribution < -0.4 is 5.32 Å². The molecule has 2 rings (SSSR count). The minimum atomic E-state index is 0.0944. The van der Waals surface area contributed by atoms with Gasteiger partial charge in [-0.2, -0.15) is 0 Å². The van der Waals surface area contributed by atoms with Crippen molar-refractivity contribution in [1.29, 1.82) is 0 Å². The highest BCUT2D eigenvalue weighted by molar-refractivity contribution is 8.14. The molecule has 2 aliphatic rings. The number of amidine groups is 1. The fourth-order valence-corrected chi connectivity index (χ4v) is 3.98. The number of nitrogens with zero attached hydrogens (tertiary/aromatic N) is 1. The molecular weight excluding hydrogens is 256 g/mol.